The summed E-state index contributed by atoms with van der Waals surface area (Å²) in [6.07, 6.45) is 4.77. The van der Waals surface area contributed by atoms with Gasteiger partial charge in [-0.2, -0.15) is 0 Å². The SMILES string of the molecule is Cc1cc(C(=O)N[C@H]2CCCN(c3ncc[nH]c3=O)C2)on1. The highest BCUT2D eigenvalue weighted by Gasteiger charge is 2.25. The molecule has 1 saturated heterocycles. The number of rotatable bonds is 3. The second-order valence-electron chi connectivity index (χ2n) is 5.33. The number of aromatic nitrogens is 3. The zero-order valence-corrected chi connectivity index (χ0v) is 12.2. The second-order valence-corrected chi connectivity index (χ2v) is 5.33. The van der Waals surface area contributed by atoms with Crippen molar-refractivity contribution in [2.45, 2.75) is 25.8 Å². The van der Waals surface area contributed by atoms with Gasteiger partial charge in [0.25, 0.3) is 11.5 Å². The average molecular weight is 303 g/mol. The van der Waals surface area contributed by atoms with Gasteiger partial charge in [-0.3, -0.25) is 9.59 Å². The van der Waals surface area contributed by atoms with Gasteiger partial charge in [0.1, 0.15) is 0 Å². The quantitative estimate of drug-likeness (QED) is 0.854. The zero-order valence-electron chi connectivity index (χ0n) is 12.2. The molecule has 116 valence electrons. The van der Waals surface area contributed by atoms with Crippen LogP contribution in [0.3, 0.4) is 0 Å². The van der Waals surface area contributed by atoms with E-state index in [0.717, 1.165) is 19.4 Å². The molecule has 1 aliphatic heterocycles. The molecular weight excluding hydrogens is 286 g/mol. The van der Waals surface area contributed by atoms with Crippen LogP contribution in [0.25, 0.3) is 0 Å². The molecule has 3 rings (SSSR count). The molecule has 1 fully saturated rings. The number of hydrogen-bond acceptors (Lipinski definition) is 6. The lowest BCUT2D eigenvalue weighted by molar-refractivity contribution is 0.0895. The molecular formula is C14H17N5O3. The molecule has 0 aromatic carbocycles. The Labute approximate surface area is 126 Å². The topological polar surface area (TPSA) is 104 Å². The van der Waals surface area contributed by atoms with E-state index in [1.54, 1.807) is 19.2 Å². The Balaban J connectivity index is 1.67. The van der Waals surface area contributed by atoms with Gasteiger partial charge in [0.05, 0.1) is 5.69 Å². The van der Waals surface area contributed by atoms with E-state index in [1.807, 2.05) is 4.90 Å². The van der Waals surface area contributed by atoms with Crippen molar-refractivity contribution in [2.75, 3.05) is 18.0 Å². The molecule has 0 unspecified atom stereocenters. The summed E-state index contributed by atoms with van der Waals surface area (Å²) in [5.41, 5.74) is 0.441. The Morgan fingerprint density at radius 1 is 1.55 bits per heavy atom. The lowest BCUT2D eigenvalue weighted by atomic mass is 10.1. The first-order chi connectivity index (χ1) is 10.6. The monoisotopic (exact) mass is 303 g/mol. The summed E-state index contributed by atoms with van der Waals surface area (Å²) in [7, 11) is 0. The normalized spacial score (nSPS) is 18.2. The summed E-state index contributed by atoms with van der Waals surface area (Å²) in [6.45, 7) is 3.04. The second kappa shape index (κ2) is 6.00. The third-order valence-corrected chi connectivity index (χ3v) is 3.60. The van der Waals surface area contributed by atoms with E-state index in [-0.39, 0.29) is 23.3 Å². The fraction of sp³-hybridized carbons (Fsp3) is 0.429. The highest BCUT2D eigenvalue weighted by Crippen LogP contribution is 2.15. The summed E-state index contributed by atoms with van der Waals surface area (Å²) >= 11 is 0. The van der Waals surface area contributed by atoms with Gasteiger partial charge in [-0.05, 0) is 19.8 Å². The molecule has 3 heterocycles. The van der Waals surface area contributed by atoms with Crippen molar-refractivity contribution in [3.63, 3.8) is 0 Å². The molecule has 22 heavy (non-hydrogen) atoms. The number of hydrogen-bond donors (Lipinski definition) is 2. The minimum atomic E-state index is -0.289. The van der Waals surface area contributed by atoms with Gasteiger partial charge in [-0.25, -0.2) is 4.98 Å². The van der Waals surface area contributed by atoms with Crippen LogP contribution in [-0.2, 0) is 0 Å². The Kier molecular flexibility index (Phi) is 3.90. The van der Waals surface area contributed by atoms with Gasteiger partial charge < -0.3 is 19.7 Å². The number of aromatic amines is 1. The van der Waals surface area contributed by atoms with Crippen LogP contribution in [0.2, 0.25) is 0 Å². The van der Waals surface area contributed by atoms with Gasteiger partial charge in [0.2, 0.25) is 5.76 Å². The number of carbonyl (C=O) groups is 1. The summed E-state index contributed by atoms with van der Waals surface area (Å²) in [5, 5.41) is 6.62. The molecule has 1 atom stereocenters. The Morgan fingerprint density at radius 2 is 2.41 bits per heavy atom. The molecule has 2 aromatic heterocycles. The summed E-state index contributed by atoms with van der Waals surface area (Å²) in [5.74, 6) is 0.296. The minimum Gasteiger partial charge on any atom is -0.351 e. The lowest BCUT2D eigenvalue weighted by Gasteiger charge is -2.33. The van der Waals surface area contributed by atoms with Gasteiger partial charge in [-0.15, -0.1) is 0 Å². The average Bonchev–Trinajstić information content (AvgIpc) is 2.95. The number of carbonyl (C=O) groups excluding carboxylic acids is 1. The van der Waals surface area contributed by atoms with E-state index in [4.69, 9.17) is 4.52 Å². The number of aryl methyl sites for hydroxylation is 1. The molecule has 0 spiro atoms. The van der Waals surface area contributed by atoms with Crippen LogP contribution in [0.5, 0.6) is 0 Å². The maximum Gasteiger partial charge on any atom is 0.290 e. The van der Waals surface area contributed by atoms with Crippen molar-refractivity contribution in [3.8, 4) is 0 Å². The van der Waals surface area contributed by atoms with Crippen LogP contribution in [0.4, 0.5) is 5.82 Å². The van der Waals surface area contributed by atoms with Crippen molar-refractivity contribution in [2.24, 2.45) is 0 Å². The fourth-order valence-corrected chi connectivity index (χ4v) is 2.58. The van der Waals surface area contributed by atoms with Crippen LogP contribution in [-0.4, -0.2) is 40.2 Å². The molecule has 0 bridgehead atoms. The number of nitrogens with one attached hydrogen (secondary N) is 2. The zero-order chi connectivity index (χ0) is 15.5. The summed E-state index contributed by atoms with van der Waals surface area (Å²) in [6, 6.07) is 1.53. The lowest BCUT2D eigenvalue weighted by Crippen LogP contribution is -2.49. The molecule has 0 saturated carbocycles. The number of amides is 1. The highest BCUT2D eigenvalue weighted by atomic mass is 16.5. The van der Waals surface area contributed by atoms with Crippen molar-refractivity contribution in [3.05, 3.63) is 40.3 Å². The van der Waals surface area contributed by atoms with E-state index in [9.17, 15) is 9.59 Å². The molecule has 0 radical (unpaired) electrons. The molecule has 8 nitrogen and oxygen atoms in total. The standard InChI is InChI=1S/C14H17N5O3/c1-9-7-11(22-18-9)13(20)17-10-3-2-6-19(8-10)12-14(21)16-5-4-15-12/h4-5,7,10H,2-3,6,8H2,1H3,(H,16,21)(H,17,20)/t10-/m0/s1. The Hall–Kier alpha value is -2.64. The van der Waals surface area contributed by atoms with Gasteiger partial charge in [-0.1, -0.05) is 5.16 Å². The Morgan fingerprint density at radius 3 is 3.14 bits per heavy atom. The molecule has 8 heteroatoms. The van der Waals surface area contributed by atoms with Gasteiger partial charge >= 0.3 is 0 Å². The maximum absolute atomic E-state index is 12.1. The van der Waals surface area contributed by atoms with Crippen molar-refractivity contribution in [1.29, 1.82) is 0 Å². The van der Waals surface area contributed by atoms with E-state index in [0.29, 0.717) is 18.1 Å². The number of anilines is 1. The molecule has 0 aliphatic carbocycles. The first-order valence-corrected chi connectivity index (χ1v) is 7.16. The van der Waals surface area contributed by atoms with Crippen LogP contribution >= 0.6 is 0 Å². The van der Waals surface area contributed by atoms with Crippen molar-refractivity contribution >= 4 is 11.7 Å². The third-order valence-electron chi connectivity index (χ3n) is 3.60. The summed E-state index contributed by atoms with van der Waals surface area (Å²) in [4.78, 5) is 32.5. The molecule has 1 aliphatic rings. The van der Waals surface area contributed by atoms with Crippen LogP contribution in [0.1, 0.15) is 29.1 Å². The van der Waals surface area contributed by atoms with Crippen molar-refractivity contribution < 1.29 is 9.32 Å². The number of piperidine rings is 1. The first-order valence-electron chi connectivity index (χ1n) is 7.16. The van der Waals surface area contributed by atoms with Crippen molar-refractivity contribution in [1.82, 2.24) is 20.4 Å². The number of H-pyrrole nitrogens is 1. The minimum absolute atomic E-state index is 0.0620. The predicted octanol–water partition coefficient (Wildman–Crippen LogP) is 0.465. The van der Waals surface area contributed by atoms with Gasteiger partial charge in [0.15, 0.2) is 5.82 Å². The Bertz CT molecular complexity index is 723. The largest absolute Gasteiger partial charge is 0.351 e. The molecule has 2 aromatic rings. The van der Waals surface area contributed by atoms with E-state index < -0.39 is 0 Å². The maximum atomic E-state index is 12.1. The number of nitrogens with zero attached hydrogens (tertiary/aromatic N) is 3. The fourth-order valence-electron chi connectivity index (χ4n) is 2.58. The van der Waals surface area contributed by atoms with E-state index >= 15 is 0 Å². The molecule has 1 amide bonds. The summed E-state index contributed by atoms with van der Waals surface area (Å²) < 4.78 is 4.96. The van der Waals surface area contributed by atoms with Gasteiger partial charge in [0, 0.05) is 37.6 Å². The molecule has 2 N–H and O–H groups in total. The van der Waals surface area contributed by atoms with E-state index in [1.165, 1.54) is 6.20 Å². The third kappa shape index (κ3) is 3.00. The highest BCUT2D eigenvalue weighted by molar-refractivity contribution is 5.91. The first kappa shape index (κ1) is 14.3. The van der Waals surface area contributed by atoms with Crippen LogP contribution in [0.15, 0.2) is 27.8 Å². The predicted molar refractivity (Wildman–Crippen MR) is 78.8 cm³/mol. The van der Waals surface area contributed by atoms with Crippen LogP contribution < -0.4 is 15.8 Å². The smallest absolute Gasteiger partial charge is 0.290 e. The van der Waals surface area contributed by atoms with E-state index in [2.05, 4.69) is 20.4 Å². The van der Waals surface area contributed by atoms with Crippen LogP contribution in [0, 0.1) is 6.92 Å².